The molecule has 2 bridgehead atoms. The van der Waals surface area contributed by atoms with Crippen LogP contribution in [0.3, 0.4) is 0 Å². The number of hydrogen-bond donors (Lipinski definition) is 2. The zero-order valence-electron chi connectivity index (χ0n) is 17.5. The molecule has 0 unspecified atom stereocenters. The van der Waals surface area contributed by atoms with Crippen LogP contribution in [0.2, 0.25) is 0 Å². The molecular weight excluding hydrogens is 470 g/mol. The lowest BCUT2D eigenvalue weighted by Gasteiger charge is -2.50. The van der Waals surface area contributed by atoms with Gasteiger partial charge in [0, 0.05) is 28.6 Å². The largest absolute Gasteiger partial charge is 0.467 e. The minimum Gasteiger partial charge on any atom is -0.467 e. The molecule has 3 amide bonds. The first kappa shape index (κ1) is 20.6. The molecule has 0 aliphatic carbocycles. The molecule has 3 aromatic rings. The van der Waals surface area contributed by atoms with E-state index in [1.165, 1.54) is 0 Å². The van der Waals surface area contributed by atoms with Gasteiger partial charge in [0.2, 0.25) is 0 Å². The fraction of sp³-hybridized carbons (Fsp3) is 0.200. The molecule has 0 aromatic heterocycles. The number of nitrogens with zero attached hydrogens (tertiary/aromatic N) is 1. The minimum absolute atomic E-state index is 0.105. The number of carbonyl (C=O) groups is 2. The van der Waals surface area contributed by atoms with Crippen LogP contribution in [0.5, 0.6) is 5.75 Å². The summed E-state index contributed by atoms with van der Waals surface area (Å²) in [7, 11) is 0. The number of hydrogen-bond acceptors (Lipinski definition) is 3. The summed E-state index contributed by atoms with van der Waals surface area (Å²) in [5.41, 5.74) is 2.22. The SMILES string of the molecule is C[C@@]12C[C@@H](NC(=O)N1c1cccc(C(=O)NCc3ccc(Br)cc3)c1)c1ccccc1O2. The fourth-order valence-electron chi connectivity index (χ4n) is 4.39. The molecule has 2 N–H and O–H groups in total. The van der Waals surface area contributed by atoms with Crippen molar-refractivity contribution in [1.82, 2.24) is 10.6 Å². The molecule has 7 heteroatoms. The molecule has 5 rings (SSSR count). The molecule has 6 nitrogen and oxygen atoms in total. The van der Waals surface area contributed by atoms with E-state index < -0.39 is 5.72 Å². The van der Waals surface area contributed by atoms with Gasteiger partial charge in [0.15, 0.2) is 5.72 Å². The molecule has 1 fully saturated rings. The minimum atomic E-state index is -0.853. The number of urea groups is 1. The molecule has 3 aromatic carbocycles. The normalized spacial score (nSPS) is 21.2. The number of carbonyl (C=O) groups excluding carboxylic acids is 2. The highest BCUT2D eigenvalue weighted by molar-refractivity contribution is 9.10. The Morgan fingerprint density at radius 2 is 1.94 bits per heavy atom. The third-order valence-corrected chi connectivity index (χ3v) is 6.44. The second kappa shape index (κ2) is 7.98. The Balaban J connectivity index is 1.38. The summed E-state index contributed by atoms with van der Waals surface area (Å²) in [6.45, 7) is 2.33. The molecule has 0 spiro atoms. The summed E-state index contributed by atoms with van der Waals surface area (Å²) in [6.07, 6.45) is 0.607. The number of nitrogens with one attached hydrogen (secondary N) is 2. The number of ether oxygens (including phenoxy) is 1. The molecule has 1 saturated heterocycles. The van der Waals surface area contributed by atoms with Crippen molar-refractivity contribution in [3.63, 3.8) is 0 Å². The van der Waals surface area contributed by atoms with Crippen LogP contribution in [0.1, 0.15) is 40.9 Å². The number of anilines is 1. The van der Waals surface area contributed by atoms with Crippen LogP contribution >= 0.6 is 15.9 Å². The zero-order valence-corrected chi connectivity index (χ0v) is 19.1. The van der Waals surface area contributed by atoms with E-state index in [4.69, 9.17) is 4.74 Å². The second-order valence-electron chi connectivity index (χ2n) is 8.22. The third kappa shape index (κ3) is 3.73. The van der Waals surface area contributed by atoms with Crippen LogP contribution in [-0.2, 0) is 6.54 Å². The van der Waals surface area contributed by atoms with Gasteiger partial charge in [0.25, 0.3) is 5.91 Å². The Morgan fingerprint density at radius 1 is 1.16 bits per heavy atom. The zero-order chi connectivity index (χ0) is 22.3. The number of amides is 3. The van der Waals surface area contributed by atoms with Crippen molar-refractivity contribution in [2.24, 2.45) is 0 Å². The van der Waals surface area contributed by atoms with E-state index in [2.05, 4.69) is 26.6 Å². The monoisotopic (exact) mass is 491 g/mol. The van der Waals surface area contributed by atoms with E-state index in [0.29, 0.717) is 24.2 Å². The third-order valence-electron chi connectivity index (χ3n) is 5.91. The average Bonchev–Trinajstić information content (AvgIpc) is 2.78. The van der Waals surface area contributed by atoms with Crippen LogP contribution in [0.15, 0.2) is 77.3 Å². The summed E-state index contributed by atoms with van der Waals surface area (Å²) in [6, 6.07) is 22.3. The first-order chi connectivity index (χ1) is 15.4. The van der Waals surface area contributed by atoms with Crippen LogP contribution in [0, 0.1) is 0 Å². The van der Waals surface area contributed by atoms with Gasteiger partial charge in [-0.2, -0.15) is 0 Å². The first-order valence-electron chi connectivity index (χ1n) is 10.4. The van der Waals surface area contributed by atoms with Crippen molar-refractivity contribution >= 4 is 33.6 Å². The Kier molecular flexibility index (Phi) is 5.13. The molecule has 0 saturated carbocycles. The van der Waals surface area contributed by atoms with Crippen molar-refractivity contribution < 1.29 is 14.3 Å². The molecule has 2 aliphatic heterocycles. The van der Waals surface area contributed by atoms with Crippen molar-refractivity contribution in [2.75, 3.05) is 4.90 Å². The summed E-state index contributed by atoms with van der Waals surface area (Å²) in [5, 5.41) is 6.02. The lowest BCUT2D eigenvalue weighted by atomic mass is 9.90. The van der Waals surface area contributed by atoms with Gasteiger partial charge in [-0.3, -0.25) is 9.69 Å². The van der Waals surface area contributed by atoms with Crippen LogP contribution in [0.25, 0.3) is 0 Å². The predicted octanol–water partition coefficient (Wildman–Crippen LogP) is 5.15. The predicted molar refractivity (Wildman–Crippen MR) is 126 cm³/mol. The van der Waals surface area contributed by atoms with Crippen LogP contribution < -0.4 is 20.3 Å². The Morgan fingerprint density at radius 3 is 2.75 bits per heavy atom. The van der Waals surface area contributed by atoms with Gasteiger partial charge in [0.05, 0.1) is 11.7 Å². The number of benzene rings is 3. The van der Waals surface area contributed by atoms with E-state index in [-0.39, 0.29) is 18.0 Å². The maximum Gasteiger partial charge on any atom is 0.325 e. The maximum atomic E-state index is 13.1. The van der Waals surface area contributed by atoms with Gasteiger partial charge < -0.3 is 15.4 Å². The number of fused-ring (bicyclic) bond motifs is 4. The van der Waals surface area contributed by atoms with E-state index in [1.807, 2.05) is 61.5 Å². The van der Waals surface area contributed by atoms with E-state index in [9.17, 15) is 9.59 Å². The van der Waals surface area contributed by atoms with Gasteiger partial charge in [0.1, 0.15) is 5.75 Å². The fourth-order valence-corrected chi connectivity index (χ4v) is 4.65. The van der Waals surface area contributed by atoms with Gasteiger partial charge >= 0.3 is 6.03 Å². The van der Waals surface area contributed by atoms with Crippen molar-refractivity contribution in [3.05, 3.63) is 94.0 Å². The summed E-state index contributed by atoms with van der Waals surface area (Å²) in [5.74, 6) is 0.560. The van der Waals surface area contributed by atoms with Crippen molar-refractivity contribution in [2.45, 2.75) is 31.7 Å². The Bertz CT molecular complexity index is 1200. The molecule has 2 aliphatic rings. The number of rotatable bonds is 4. The van der Waals surface area contributed by atoms with E-state index in [1.54, 1.807) is 23.1 Å². The van der Waals surface area contributed by atoms with Gasteiger partial charge in [-0.1, -0.05) is 52.3 Å². The Hall–Kier alpha value is -3.32. The van der Waals surface area contributed by atoms with Crippen molar-refractivity contribution in [3.8, 4) is 5.75 Å². The molecule has 2 heterocycles. The number of halogens is 1. The number of para-hydroxylation sites is 1. The van der Waals surface area contributed by atoms with Crippen LogP contribution in [0.4, 0.5) is 10.5 Å². The molecular formula is C25H22BrN3O3. The molecule has 162 valence electrons. The standard InChI is InChI=1S/C25H22BrN3O3/c1-25-14-21(20-7-2-3-8-22(20)32-25)28-24(31)29(25)19-6-4-5-17(13-19)23(30)27-15-16-9-11-18(26)12-10-16/h2-13,21H,14-15H2,1H3,(H,27,30)(H,28,31)/t21-,25-/m1/s1. The quantitative estimate of drug-likeness (QED) is 0.530. The Labute approximate surface area is 194 Å². The highest BCUT2D eigenvalue weighted by atomic mass is 79.9. The van der Waals surface area contributed by atoms with Crippen LogP contribution in [-0.4, -0.2) is 17.7 Å². The van der Waals surface area contributed by atoms with Gasteiger partial charge in [-0.15, -0.1) is 0 Å². The summed E-state index contributed by atoms with van der Waals surface area (Å²) in [4.78, 5) is 27.5. The molecule has 2 atom stereocenters. The highest BCUT2D eigenvalue weighted by Gasteiger charge is 2.49. The van der Waals surface area contributed by atoms with Crippen molar-refractivity contribution in [1.29, 1.82) is 0 Å². The van der Waals surface area contributed by atoms with Gasteiger partial charge in [-0.05, 0) is 48.9 Å². The first-order valence-corrected chi connectivity index (χ1v) is 11.2. The maximum absolute atomic E-state index is 13.1. The topological polar surface area (TPSA) is 70.7 Å². The lowest BCUT2D eigenvalue weighted by molar-refractivity contribution is 0.0378. The summed E-state index contributed by atoms with van der Waals surface area (Å²) >= 11 is 3.41. The van der Waals surface area contributed by atoms with E-state index >= 15 is 0 Å². The molecule has 0 radical (unpaired) electrons. The lowest BCUT2D eigenvalue weighted by Crippen LogP contribution is -2.65. The highest BCUT2D eigenvalue weighted by Crippen LogP contribution is 2.45. The summed E-state index contributed by atoms with van der Waals surface area (Å²) < 4.78 is 7.29. The van der Waals surface area contributed by atoms with E-state index in [0.717, 1.165) is 21.3 Å². The second-order valence-corrected chi connectivity index (χ2v) is 9.13. The average molecular weight is 492 g/mol. The van der Waals surface area contributed by atoms with Gasteiger partial charge in [-0.25, -0.2) is 4.79 Å². The smallest absolute Gasteiger partial charge is 0.325 e. The molecule has 32 heavy (non-hydrogen) atoms.